The standard InChI is InChI=1S/C18H23N5O4Si/c1-28(2,3)22-18-20-15-14(16(24)21-18)19-11-23(15)12-26-9-10-27-17(25)13-7-5-4-6-8-13/h4-8,11H,9-10,12H2,1-3H3,(H2,20,21,22,24). The molecule has 148 valence electrons. The number of esters is 1. The van der Waals surface area contributed by atoms with E-state index in [2.05, 4.69) is 39.6 Å². The van der Waals surface area contributed by atoms with E-state index >= 15 is 0 Å². The van der Waals surface area contributed by atoms with Crippen molar-refractivity contribution in [2.75, 3.05) is 18.2 Å². The Kier molecular flexibility index (Phi) is 5.90. The van der Waals surface area contributed by atoms with Crippen LogP contribution in [-0.2, 0) is 16.2 Å². The molecule has 0 unspecified atom stereocenters. The number of hydrogen-bond donors (Lipinski definition) is 2. The number of anilines is 1. The summed E-state index contributed by atoms with van der Waals surface area (Å²) in [5.41, 5.74) is 0.876. The number of benzene rings is 1. The molecule has 2 heterocycles. The van der Waals surface area contributed by atoms with E-state index in [0.717, 1.165) is 0 Å². The van der Waals surface area contributed by atoms with E-state index in [0.29, 0.717) is 17.2 Å². The van der Waals surface area contributed by atoms with Crippen molar-refractivity contribution in [3.63, 3.8) is 0 Å². The molecule has 0 saturated heterocycles. The third-order valence-electron chi connectivity index (χ3n) is 3.67. The lowest BCUT2D eigenvalue weighted by Crippen LogP contribution is -2.34. The smallest absolute Gasteiger partial charge is 0.338 e. The minimum atomic E-state index is -1.67. The minimum Gasteiger partial charge on any atom is -0.460 e. The van der Waals surface area contributed by atoms with Crippen molar-refractivity contribution in [2.24, 2.45) is 0 Å². The zero-order valence-corrected chi connectivity index (χ0v) is 17.1. The van der Waals surface area contributed by atoms with Crippen LogP contribution in [0.25, 0.3) is 11.2 Å². The highest BCUT2D eigenvalue weighted by molar-refractivity contribution is 6.79. The molecule has 9 nitrogen and oxygen atoms in total. The van der Waals surface area contributed by atoms with Gasteiger partial charge in [0.25, 0.3) is 5.56 Å². The van der Waals surface area contributed by atoms with Gasteiger partial charge in [0.15, 0.2) is 17.1 Å². The van der Waals surface area contributed by atoms with Crippen LogP contribution in [0.4, 0.5) is 5.95 Å². The van der Waals surface area contributed by atoms with Crippen LogP contribution < -0.4 is 10.5 Å². The first-order valence-corrected chi connectivity index (χ1v) is 12.4. The van der Waals surface area contributed by atoms with Crippen LogP contribution in [0.15, 0.2) is 41.5 Å². The molecule has 2 N–H and O–H groups in total. The van der Waals surface area contributed by atoms with E-state index in [4.69, 9.17) is 9.47 Å². The predicted octanol–water partition coefficient (Wildman–Crippen LogP) is 2.20. The normalized spacial score (nSPS) is 11.5. The average molecular weight is 401 g/mol. The van der Waals surface area contributed by atoms with E-state index < -0.39 is 14.2 Å². The van der Waals surface area contributed by atoms with Gasteiger partial charge in [-0.25, -0.2) is 9.78 Å². The molecule has 0 fully saturated rings. The summed E-state index contributed by atoms with van der Waals surface area (Å²) in [4.78, 5) is 38.6. The number of carbonyl (C=O) groups excluding carboxylic acids is 1. The second kappa shape index (κ2) is 8.36. The molecule has 0 aliphatic carbocycles. The number of nitrogens with zero attached hydrogens (tertiary/aromatic N) is 3. The fourth-order valence-corrected chi connectivity index (χ4v) is 3.31. The van der Waals surface area contributed by atoms with Crippen LogP contribution >= 0.6 is 0 Å². The van der Waals surface area contributed by atoms with Crippen molar-refractivity contribution >= 4 is 31.3 Å². The van der Waals surface area contributed by atoms with E-state index in [-0.39, 0.29) is 31.0 Å². The highest BCUT2D eigenvalue weighted by Gasteiger charge is 2.17. The summed E-state index contributed by atoms with van der Waals surface area (Å²) in [6.07, 6.45) is 1.50. The van der Waals surface area contributed by atoms with Crippen LogP contribution in [0.2, 0.25) is 19.6 Å². The number of ether oxygens (including phenoxy) is 2. The van der Waals surface area contributed by atoms with Crippen molar-refractivity contribution in [3.8, 4) is 0 Å². The Balaban J connectivity index is 1.57. The van der Waals surface area contributed by atoms with Gasteiger partial charge in [0, 0.05) is 0 Å². The van der Waals surface area contributed by atoms with Gasteiger partial charge in [0.1, 0.15) is 21.6 Å². The Morgan fingerprint density at radius 2 is 1.96 bits per heavy atom. The van der Waals surface area contributed by atoms with Gasteiger partial charge in [-0.3, -0.25) is 14.3 Å². The van der Waals surface area contributed by atoms with Gasteiger partial charge >= 0.3 is 5.97 Å². The lowest BCUT2D eigenvalue weighted by atomic mass is 10.2. The van der Waals surface area contributed by atoms with Crippen LogP contribution in [0.3, 0.4) is 0 Å². The first kappa shape index (κ1) is 19.8. The van der Waals surface area contributed by atoms with E-state index in [9.17, 15) is 9.59 Å². The molecule has 10 heteroatoms. The number of hydrogen-bond acceptors (Lipinski definition) is 7. The summed E-state index contributed by atoms with van der Waals surface area (Å²) in [6.45, 7) is 6.79. The number of imidazole rings is 1. The summed E-state index contributed by atoms with van der Waals surface area (Å²) >= 11 is 0. The summed E-state index contributed by atoms with van der Waals surface area (Å²) in [5, 5.41) is 0. The molecule has 28 heavy (non-hydrogen) atoms. The van der Waals surface area contributed by atoms with Crippen LogP contribution in [0.1, 0.15) is 10.4 Å². The number of fused-ring (bicyclic) bond motifs is 1. The van der Waals surface area contributed by atoms with E-state index in [1.807, 2.05) is 6.07 Å². The van der Waals surface area contributed by atoms with Crippen molar-refractivity contribution in [1.82, 2.24) is 19.5 Å². The maximum absolute atomic E-state index is 12.2. The summed E-state index contributed by atoms with van der Waals surface area (Å²) in [6, 6.07) is 8.76. The molecule has 3 aromatic rings. The minimum absolute atomic E-state index is 0.122. The van der Waals surface area contributed by atoms with Crippen molar-refractivity contribution < 1.29 is 14.3 Å². The second-order valence-electron chi connectivity index (χ2n) is 7.22. The molecule has 0 aliphatic rings. The molecule has 0 atom stereocenters. The maximum atomic E-state index is 12.2. The molecular weight excluding hydrogens is 378 g/mol. The van der Waals surface area contributed by atoms with Gasteiger partial charge in [-0.15, -0.1) is 0 Å². The summed E-state index contributed by atoms with van der Waals surface area (Å²) in [5.74, 6) is 0.0303. The fourth-order valence-electron chi connectivity index (χ4n) is 2.48. The zero-order valence-electron chi connectivity index (χ0n) is 16.1. The SMILES string of the molecule is C[Si](C)(C)Nc1nc2c(ncn2COCCOC(=O)c2ccccc2)c(=O)[nH]1. The molecule has 2 aromatic heterocycles. The number of nitrogens with one attached hydrogen (secondary N) is 2. The van der Waals surface area contributed by atoms with Gasteiger partial charge in [0.2, 0.25) is 0 Å². The van der Waals surface area contributed by atoms with Crippen LogP contribution in [0.5, 0.6) is 0 Å². The van der Waals surface area contributed by atoms with Crippen molar-refractivity contribution in [2.45, 2.75) is 26.4 Å². The molecule has 0 amide bonds. The summed E-state index contributed by atoms with van der Waals surface area (Å²) < 4.78 is 12.3. The molecule has 0 aliphatic heterocycles. The summed E-state index contributed by atoms with van der Waals surface area (Å²) in [7, 11) is -1.67. The first-order valence-electron chi connectivity index (χ1n) is 8.87. The van der Waals surface area contributed by atoms with Gasteiger partial charge in [-0.2, -0.15) is 4.98 Å². The number of H-pyrrole nitrogens is 1. The maximum Gasteiger partial charge on any atom is 0.338 e. The lowest BCUT2D eigenvalue weighted by molar-refractivity contribution is 0.0181. The molecule has 0 saturated carbocycles. The molecular formula is C18H23N5O4Si. The Morgan fingerprint density at radius 3 is 2.68 bits per heavy atom. The zero-order chi connectivity index (χ0) is 20.1. The molecule has 3 rings (SSSR count). The third-order valence-corrected chi connectivity index (χ3v) is 4.66. The predicted molar refractivity (Wildman–Crippen MR) is 108 cm³/mol. The highest BCUT2D eigenvalue weighted by Crippen LogP contribution is 2.11. The molecule has 0 bridgehead atoms. The van der Waals surface area contributed by atoms with Crippen molar-refractivity contribution in [3.05, 3.63) is 52.6 Å². The number of rotatable bonds is 8. The van der Waals surface area contributed by atoms with Crippen LogP contribution in [-0.4, -0.2) is 46.9 Å². The quantitative estimate of drug-likeness (QED) is 0.338. The molecule has 0 spiro atoms. The number of aromatic amines is 1. The monoisotopic (exact) mass is 401 g/mol. The second-order valence-corrected chi connectivity index (χ2v) is 12.0. The largest absolute Gasteiger partial charge is 0.460 e. The Hall–Kier alpha value is -2.98. The van der Waals surface area contributed by atoms with Crippen LogP contribution in [0, 0.1) is 0 Å². The van der Waals surface area contributed by atoms with Crippen molar-refractivity contribution in [1.29, 1.82) is 0 Å². The van der Waals surface area contributed by atoms with E-state index in [1.165, 1.54) is 6.33 Å². The number of aromatic nitrogens is 4. The Labute approximate surface area is 162 Å². The topological polar surface area (TPSA) is 111 Å². The molecule has 1 aromatic carbocycles. The highest BCUT2D eigenvalue weighted by atomic mass is 28.3. The first-order chi connectivity index (χ1) is 13.3. The fraction of sp³-hybridized carbons (Fsp3) is 0.333. The third kappa shape index (κ3) is 5.05. The lowest BCUT2D eigenvalue weighted by Gasteiger charge is -2.18. The van der Waals surface area contributed by atoms with E-state index in [1.54, 1.807) is 28.8 Å². The average Bonchev–Trinajstić information content (AvgIpc) is 3.04. The Bertz CT molecular complexity index is 1010. The number of carbonyl (C=O) groups is 1. The van der Waals surface area contributed by atoms with Gasteiger partial charge in [0.05, 0.1) is 18.5 Å². The molecule has 0 radical (unpaired) electrons. The van der Waals surface area contributed by atoms with Gasteiger partial charge in [-0.05, 0) is 12.1 Å². The van der Waals surface area contributed by atoms with Gasteiger partial charge in [-0.1, -0.05) is 37.8 Å². The Morgan fingerprint density at radius 1 is 1.21 bits per heavy atom. The van der Waals surface area contributed by atoms with Gasteiger partial charge < -0.3 is 14.5 Å².